The van der Waals surface area contributed by atoms with E-state index in [4.69, 9.17) is 4.74 Å². The molecule has 0 spiro atoms. The van der Waals surface area contributed by atoms with Crippen molar-refractivity contribution in [2.45, 2.75) is 26.2 Å². The third kappa shape index (κ3) is 5.92. The minimum Gasteiger partial charge on any atom is -0.462 e. The van der Waals surface area contributed by atoms with E-state index in [0.29, 0.717) is 34.6 Å². The van der Waals surface area contributed by atoms with Gasteiger partial charge >= 0.3 is 5.97 Å². The van der Waals surface area contributed by atoms with Gasteiger partial charge in [-0.3, -0.25) is 14.5 Å². The molecule has 2 aliphatic rings. The molecule has 0 atom stereocenters. The number of nitrogens with zero attached hydrogens (tertiary/aromatic N) is 2. The molecule has 206 valence electrons. The number of carbonyl (C=O) groups excluding carboxylic acids is 3. The van der Waals surface area contributed by atoms with Crippen LogP contribution in [0.1, 0.15) is 47.7 Å². The molecule has 2 aliphatic heterocycles. The molecular weight excluding hydrogens is 504 g/mol. The van der Waals surface area contributed by atoms with Crippen LogP contribution in [0.3, 0.4) is 0 Å². The first-order valence-corrected chi connectivity index (χ1v) is 13.7. The van der Waals surface area contributed by atoms with Crippen LogP contribution in [0.5, 0.6) is 0 Å². The van der Waals surface area contributed by atoms with Gasteiger partial charge in [0.1, 0.15) is 0 Å². The van der Waals surface area contributed by atoms with Gasteiger partial charge in [0.25, 0.3) is 5.91 Å². The number of hydrogen-bond donors (Lipinski definition) is 2. The van der Waals surface area contributed by atoms with Crippen LogP contribution in [0.2, 0.25) is 0 Å². The number of fused-ring (bicyclic) bond motifs is 1. The molecule has 0 unspecified atom stereocenters. The Morgan fingerprint density at radius 1 is 0.950 bits per heavy atom. The second kappa shape index (κ2) is 12.2. The minimum absolute atomic E-state index is 0.0659. The van der Waals surface area contributed by atoms with E-state index in [9.17, 15) is 14.4 Å². The Kier molecular flexibility index (Phi) is 8.26. The van der Waals surface area contributed by atoms with Gasteiger partial charge in [0.05, 0.1) is 35.7 Å². The number of amides is 2. The van der Waals surface area contributed by atoms with Gasteiger partial charge < -0.3 is 20.3 Å². The Bertz CT molecular complexity index is 1430. The van der Waals surface area contributed by atoms with E-state index in [2.05, 4.69) is 15.5 Å². The lowest BCUT2D eigenvalue weighted by Crippen LogP contribution is -2.40. The van der Waals surface area contributed by atoms with Crippen LogP contribution in [0.4, 0.5) is 17.1 Å². The maximum absolute atomic E-state index is 13.3. The van der Waals surface area contributed by atoms with Crippen molar-refractivity contribution in [2.75, 3.05) is 48.8 Å². The summed E-state index contributed by atoms with van der Waals surface area (Å²) in [6.45, 7) is 4.40. The molecule has 0 bridgehead atoms. The molecule has 40 heavy (non-hydrogen) atoms. The molecular formula is C32H34N4O4. The molecule has 2 amide bonds. The van der Waals surface area contributed by atoms with E-state index in [-0.39, 0.29) is 18.4 Å². The molecule has 0 radical (unpaired) electrons. The van der Waals surface area contributed by atoms with Gasteiger partial charge in [-0.15, -0.1) is 0 Å². The summed E-state index contributed by atoms with van der Waals surface area (Å²) in [5.41, 5.74) is 5.18. The fourth-order valence-corrected chi connectivity index (χ4v) is 5.12. The highest BCUT2D eigenvalue weighted by molar-refractivity contribution is 6.37. The van der Waals surface area contributed by atoms with E-state index in [1.165, 1.54) is 6.42 Å². The highest BCUT2D eigenvalue weighted by Crippen LogP contribution is 2.38. The van der Waals surface area contributed by atoms with Gasteiger partial charge in [-0.25, -0.2) is 4.79 Å². The molecule has 3 aromatic carbocycles. The summed E-state index contributed by atoms with van der Waals surface area (Å²) in [6, 6.07) is 22.3. The van der Waals surface area contributed by atoms with Crippen LogP contribution in [0.25, 0.3) is 11.3 Å². The molecule has 5 rings (SSSR count). The average Bonchev–Trinajstić information content (AvgIpc) is 3.31. The van der Waals surface area contributed by atoms with Gasteiger partial charge in [0.15, 0.2) is 0 Å². The summed E-state index contributed by atoms with van der Waals surface area (Å²) in [6.07, 6.45) is 3.52. The number of hydrogen-bond acceptors (Lipinski definition) is 6. The Labute approximate surface area is 234 Å². The molecule has 8 heteroatoms. The second-order valence-electron chi connectivity index (χ2n) is 10.0. The average molecular weight is 539 g/mol. The first kappa shape index (κ1) is 27.1. The lowest BCUT2D eigenvalue weighted by molar-refractivity contribution is -0.119. The number of esters is 1. The van der Waals surface area contributed by atoms with Crippen molar-refractivity contribution in [3.05, 3.63) is 89.5 Å². The van der Waals surface area contributed by atoms with Crippen molar-refractivity contribution >= 4 is 46.1 Å². The molecule has 8 nitrogen and oxygen atoms in total. The first-order chi connectivity index (χ1) is 19.4. The maximum Gasteiger partial charge on any atom is 0.338 e. The van der Waals surface area contributed by atoms with Gasteiger partial charge in [-0.2, -0.15) is 0 Å². The Balaban J connectivity index is 1.41. The molecule has 3 aromatic rings. The number of rotatable bonds is 8. The third-order valence-electron chi connectivity index (χ3n) is 7.29. The molecule has 2 heterocycles. The lowest BCUT2D eigenvalue weighted by Gasteiger charge is -2.28. The summed E-state index contributed by atoms with van der Waals surface area (Å²) in [7, 11) is 1.80. The Morgan fingerprint density at radius 2 is 1.68 bits per heavy atom. The van der Waals surface area contributed by atoms with Crippen molar-refractivity contribution in [3.63, 3.8) is 0 Å². The summed E-state index contributed by atoms with van der Waals surface area (Å²) >= 11 is 0. The number of likely N-dealkylation sites (tertiary alicyclic amines) is 1. The van der Waals surface area contributed by atoms with Crippen molar-refractivity contribution in [3.8, 4) is 0 Å². The summed E-state index contributed by atoms with van der Waals surface area (Å²) in [5, 5.41) is 6.34. The topological polar surface area (TPSA) is 91.0 Å². The zero-order valence-corrected chi connectivity index (χ0v) is 22.9. The van der Waals surface area contributed by atoms with E-state index in [1.54, 1.807) is 37.1 Å². The van der Waals surface area contributed by atoms with E-state index in [1.807, 2.05) is 54.6 Å². The highest BCUT2D eigenvalue weighted by Gasteiger charge is 2.29. The van der Waals surface area contributed by atoms with Crippen molar-refractivity contribution in [1.82, 2.24) is 4.90 Å². The molecule has 0 aliphatic carbocycles. The second-order valence-corrected chi connectivity index (χ2v) is 10.0. The van der Waals surface area contributed by atoms with Gasteiger partial charge in [0.2, 0.25) is 5.91 Å². The van der Waals surface area contributed by atoms with Crippen molar-refractivity contribution in [1.29, 1.82) is 0 Å². The largest absolute Gasteiger partial charge is 0.462 e. The monoisotopic (exact) mass is 538 g/mol. The fourth-order valence-electron chi connectivity index (χ4n) is 5.12. The number of carbonyl (C=O) groups is 3. The number of anilines is 3. The number of likely N-dealkylation sites (N-methyl/N-ethyl adjacent to an activating group) is 1. The molecule has 0 saturated carbocycles. The fraction of sp³-hybridized carbons (Fsp3) is 0.281. The van der Waals surface area contributed by atoms with Crippen LogP contribution in [0, 0.1) is 0 Å². The van der Waals surface area contributed by atoms with Crippen molar-refractivity contribution < 1.29 is 19.1 Å². The van der Waals surface area contributed by atoms with Gasteiger partial charge in [-0.05, 0) is 74.8 Å². The zero-order chi connectivity index (χ0) is 28.1. The van der Waals surface area contributed by atoms with Crippen LogP contribution < -0.4 is 15.5 Å². The predicted molar refractivity (Wildman–Crippen MR) is 158 cm³/mol. The normalized spacial score (nSPS) is 16.1. The molecule has 2 N–H and O–H groups in total. The standard InChI is InChI=1S/C32H34N4O4/c1-3-40-32(39)23-12-17-26-27(20-23)34-31(38)29(26)30(22-10-6-4-7-11-22)33-24-13-15-25(16-14-24)35(2)28(37)21-36-18-8-5-9-19-36/h4,6-7,10-17,20,33H,3,5,8-9,18-19,21H2,1-2H3,(H,34,38). The lowest BCUT2D eigenvalue weighted by atomic mass is 9.99. The maximum atomic E-state index is 13.3. The van der Waals surface area contributed by atoms with E-state index < -0.39 is 5.97 Å². The van der Waals surface area contributed by atoms with Crippen LogP contribution in [-0.4, -0.2) is 56.0 Å². The molecule has 1 saturated heterocycles. The Morgan fingerprint density at radius 3 is 2.38 bits per heavy atom. The third-order valence-corrected chi connectivity index (χ3v) is 7.29. The van der Waals surface area contributed by atoms with Crippen LogP contribution in [0.15, 0.2) is 72.8 Å². The summed E-state index contributed by atoms with van der Waals surface area (Å²) in [5.74, 6) is -0.629. The SMILES string of the molecule is CCOC(=O)c1ccc2c(c1)NC(=O)C2=C(Nc1ccc(N(C)C(=O)CN2CCCCC2)cc1)c1ccccc1. The quantitative estimate of drug-likeness (QED) is 0.301. The van der Waals surface area contributed by atoms with Gasteiger partial charge in [0, 0.05) is 24.0 Å². The van der Waals surface area contributed by atoms with Crippen molar-refractivity contribution in [2.24, 2.45) is 0 Å². The molecule has 1 fully saturated rings. The number of piperidine rings is 1. The number of nitrogens with one attached hydrogen (secondary N) is 2. The van der Waals surface area contributed by atoms with E-state index >= 15 is 0 Å². The summed E-state index contributed by atoms with van der Waals surface area (Å²) in [4.78, 5) is 42.3. The minimum atomic E-state index is -0.433. The van der Waals surface area contributed by atoms with Gasteiger partial charge in [-0.1, -0.05) is 42.8 Å². The Hall–Kier alpha value is -4.43. The van der Waals surface area contributed by atoms with E-state index in [0.717, 1.165) is 42.9 Å². The van der Waals surface area contributed by atoms with Crippen LogP contribution >= 0.6 is 0 Å². The number of ether oxygens (including phenoxy) is 1. The molecule has 0 aromatic heterocycles. The predicted octanol–water partition coefficient (Wildman–Crippen LogP) is 5.24. The summed E-state index contributed by atoms with van der Waals surface area (Å²) < 4.78 is 5.11. The highest BCUT2D eigenvalue weighted by atomic mass is 16.5. The zero-order valence-electron chi connectivity index (χ0n) is 22.9. The smallest absolute Gasteiger partial charge is 0.338 e. The first-order valence-electron chi connectivity index (χ1n) is 13.7. The number of benzene rings is 3. The van der Waals surface area contributed by atoms with Crippen LogP contribution in [-0.2, 0) is 14.3 Å².